The molecule has 12 heteroatoms. The zero-order chi connectivity index (χ0) is 20.5. The Morgan fingerprint density at radius 1 is 1.10 bits per heavy atom. The van der Waals surface area contributed by atoms with Crippen LogP contribution in [0.25, 0.3) is 16.6 Å². The summed E-state index contributed by atoms with van der Waals surface area (Å²) in [5.41, 5.74) is 0.610. The minimum atomic E-state index is -4.54. The Morgan fingerprint density at radius 2 is 1.90 bits per heavy atom. The number of nitrogens with zero attached hydrogens (tertiary/aromatic N) is 6. The second-order valence-corrected chi connectivity index (χ2v) is 7.25. The van der Waals surface area contributed by atoms with E-state index in [4.69, 9.17) is 11.6 Å². The average molecular weight is 429 g/mol. The van der Waals surface area contributed by atoms with E-state index in [1.54, 1.807) is 0 Å². The van der Waals surface area contributed by atoms with Crippen molar-refractivity contribution < 1.29 is 22.0 Å². The summed E-state index contributed by atoms with van der Waals surface area (Å²) in [5.74, 6) is -2.21. The standard InChI is InChI=1S/C17H10ClF5N6/c18-11-2-10(16-25-5-12(19)29(16)27-11)8-1-9(8)14-13(20)15-7(3-24-14)4-26-28(15)6-17(21,22)23/h2-5,8-9H,1,6H2/t8?,9-/m0/s1. The zero-order valence-corrected chi connectivity index (χ0v) is 15.1. The molecule has 6 nitrogen and oxygen atoms in total. The Kier molecular flexibility index (Phi) is 3.83. The molecule has 150 valence electrons. The van der Waals surface area contributed by atoms with Crippen LogP contribution >= 0.6 is 11.6 Å². The predicted octanol–water partition coefficient (Wildman–Crippen LogP) is 4.24. The molecule has 5 rings (SSSR count). The van der Waals surface area contributed by atoms with Gasteiger partial charge in [0.25, 0.3) is 0 Å². The van der Waals surface area contributed by atoms with Gasteiger partial charge in [-0.15, -0.1) is 0 Å². The lowest BCUT2D eigenvalue weighted by Crippen LogP contribution is -2.19. The van der Waals surface area contributed by atoms with Crippen molar-refractivity contribution in [3.8, 4) is 0 Å². The number of alkyl halides is 3. The topological polar surface area (TPSA) is 60.9 Å². The van der Waals surface area contributed by atoms with Gasteiger partial charge in [0.05, 0.1) is 18.1 Å². The first-order valence-corrected chi connectivity index (χ1v) is 8.87. The van der Waals surface area contributed by atoms with Gasteiger partial charge in [-0.25, -0.2) is 9.37 Å². The SMILES string of the molecule is Fc1c([C@H]2CC2c2cc(Cl)nn3c(F)cnc23)ncc2cnn(CC(F)(F)F)c12. The molecule has 29 heavy (non-hydrogen) atoms. The molecule has 0 spiro atoms. The third-order valence-corrected chi connectivity index (χ3v) is 5.12. The van der Waals surface area contributed by atoms with Gasteiger partial charge in [0.15, 0.2) is 16.6 Å². The maximum absolute atomic E-state index is 15.1. The van der Waals surface area contributed by atoms with Crippen molar-refractivity contribution in [2.45, 2.75) is 31.0 Å². The summed E-state index contributed by atoms with van der Waals surface area (Å²) in [4.78, 5) is 8.08. The van der Waals surface area contributed by atoms with E-state index >= 15 is 4.39 Å². The highest BCUT2D eigenvalue weighted by molar-refractivity contribution is 6.29. The van der Waals surface area contributed by atoms with Crippen molar-refractivity contribution in [2.75, 3.05) is 0 Å². The normalized spacial score (nSPS) is 19.4. The van der Waals surface area contributed by atoms with Crippen LogP contribution in [-0.4, -0.2) is 35.5 Å². The van der Waals surface area contributed by atoms with E-state index in [2.05, 4.69) is 20.2 Å². The van der Waals surface area contributed by atoms with Gasteiger partial charge in [0.1, 0.15) is 12.1 Å². The fourth-order valence-corrected chi connectivity index (χ4v) is 3.84. The molecule has 1 aliphatic carbocycles. The number of aromatic nitrogens is 6. The Morgan fingerprint density at radius 3 is 2.66 bits per heavy atom. The predicted molar refractivity (Wildman–Crippen MR) is 91.6 cm³/mol. The second kappa shape index (κ2) is 6.09. The molecule has 0 amide bonds. The summed E-state index contributed by atoms with van der Waals surface area (Å²) < 4.78 is 68.7. The van der Waals surface area contributed by atoms with Crippen molar-refractivity contribution >= 4 is 28.2 Å². The van der Waals surface area contributed by atoms with Crippen molar-refractivity contribution in [1.29, 1.82) is 0 Å². The molecule has 0 bridgehead atoms. The Balaban J connectivity index is 1.55. The lowest BCUT2D eigenvalue weighted by Gasteiger charge is -2.09. The number of fused-ring (bicyclic) bond motifs is 2. The summed E-state index contributed by atoms with van der Waals surface area (Å²) in [6.45, 7) is -1.40. The smallest absolute Gasteiger partial charge is 0.257 e. The molecule has 0 aliphatic heterocycles. The van der Waals surface area contributed by atoms with Crippen LogP contribution in [0.5, 0.6) is 0 Å². The number of imidazole rings is 1. The van der Waals surface area contributed by atoms with E-state index in [9.17, 15) is 17.6 Å². The molecule has 1 unspecified atom stereocenters. The van der Waals surface area contributed by atoms with Crippen LogP contribution in [0.4, 0.5) is 22.0 Å². The van der Waals surface area contributed by atoms with Crippen molar-refractivity contribution in [3.05, 3.63) is 52.8 Å². The second-order valence-electron chi connectivity index (χ2n) is 6.87. The highest BCUT2D eigenvalue weighted by Gasteiger charge is 2.44. The quantitative estimate of drug-likeness (QED) is 0.458. The lowest BCUT2D eigenvalue weighted by molar-refractivity contribution is -0.141. The average Bonchev–Trinajstić information content (AvgIpc) is 3.19. The number of hydrogen-bond acceptors (Lipinski definition) is 4. The summed E-state index contributed by atoms with van der Waals surface area (Å²) >= 11 is 5.96. The van der Waals surface area contributed by atoms with E-state index in [1.165, 1.54) is 12.3 Å². The van der Waals surface area contributed by atoms with Crippen LogP contribution in [-0.2, 0) is 6.54 Å². The van der Waals surface area contributed by atoms with Crippen molar-refractivity contribution in [2.24, 2.45) is 0 Å². The highest BCUT2D eigenvalue weighted by atomic mass is 35.5. The summed E-state index contributed by atoms with van der Waals surface area (Å²) in [7, 11) is 0. The van der Waals surface area contributed by atoms with Crippen LogP contribution in [0.3, 0.4) is 0 Å². The van der Waals surface area contributed by atoms with Gasteiger partial charge >= 0.3 is 6.18 Å². The van der Waals surface area contributed by atoms with Gasteiger partial charge in [-0.05, 0) is 18.4 Å². The molecule has 0 saturated heterocycles. The van der Waals surface area contributed by atoms with E-state index in [1.807, 2.05) is 0 Å². The van der Waals surface area contributed by atoms with Crippen molar-refractivity contribution in [3.63, 3.8) is 0 Å². The largest absolute Gasteiger partial charge is 0.408 e. The molecular weight excluding hydrogens is 419 g/mol. The lowest BCUT2D eigenvalue weighted by atomic mass is 10.1. The molecular formula is C17H10ClF5N6. The Hall–Kier alpha value is -2.82. The number of halogens is 6. The van der Waals surface area contributed by atoms with Crippen LogP contribution in [0.1, 0.15) is 29.5 Å². The van der Waals surface area contributed by atoms with Gasteiger partial charge in [0.2, 0.25) is 5.95 Å². The monoisotopic (exact) mass is 428 g/mol. The number of pyridine rings is 1. The van der Waals surface area contributed by atoms with Crippen molar-refractivity contribution in [1.82, 2.24) is 29.4 Å². The molecule has 4 aromatic rings. The van der Waals surface area contributed by atoms with E-state index in [0.29, 0.717) is 16.7 Å². The van der Waals surface area contributed by atoms with Gasteiger partial charge < -0.3 is 0 Å². The Bertz CT molecular complexity index is 1260. The van der Waals surface area contributed by atoms with Crippen LogP contribution in [0.2, 0.25) is 5.15 Å². The third-order valence-electron chi connectivity index (χ3n) is 4.94. The van der Waals surface area contributed by atoms with E-state index in [0.717, 1.165) is 16.9 Å². The van der Waals surface area contributed by atoms with E-state index in [-0.39, 0.29) is 33.3 Å². The van der Waals surface area contributed by atoms with Gasteiger partial charge in [-0.2, -0.15) is 32.3 Å². The minimum Gasteiger partial charge on any atom is -0.257 e. The van der Waals surface area contributed by atoms with Gasteiger partial charge in [0, 0.05) is 23.1 Å². The molecule has 1 fully saturated rings. The zero-order valence-electron chi connectivity index (χ0n) is 14.3. The third kappa shape index (κ3) is 3.00. The molecule has 2 atom stereocenters. The highest BCUT2D eigenvalue weighted by Crippen LogP contribution is 2.56. The molecule has 1 saturated carbocycles. The first-order chi connectivity index (χ1) is 13.7. The summed E-state index contributed by atoms with van der Waals surface area (Å²) in [6, 6.07) is 1.53. The first-order valence-electron chi connectivity index (χ1n) is 8.49. The summed E-state index contributed by atoms with van der Waals surface area (Å²) in [5, 5.41) is 7.69. The minimum absolute atomic E-state index is 0.0320. The van der Waals surface area contributed by atoms with Crippen LogP contribution < -0.4 is 0 Å². The summed E-state index contributed by atoms with van der Waals surface area (Å²) in [6.07, 6.45) is -0.632. The first kappa shape index (κ1) is 18.2. The Labute approximate surface area is 163 Å². The van der Waals surface area contributed by atoms with Gasteiger partial charge in [-0.1, -0.05) is 11.6 Å². The van der Waals surface area contributed by atoms with Crippen LogP contribution in [0, 0.1) is 11.8 Å². The van der Waals surface area contributed by atoms with Crippen LogP contribution in [0.15, 0.2) is 24.7 Å². The maximum Gasteiger partial charge on any atom is 0.408 e. The molecule has 4 heterocycles. The van der Waals surface area contributed by atoms with Gasteiger partial charge in [-0.3, -0.25) is 9.67 Å². The number of rotatable bonds is 3. The van der Waals surface area contributed by atoms with E-state index < -0.39 is 30.4 Å². The number of hydrogen-bond donors (Lipinski definition) is 0. The fourth-order valence-electron chi connectivity index (χ4n) is 3.65. The molecule has 1 aliphatic rings. The molecule has 4 aromatic heterocycles. The maximum atomic E-state index is 15.1. The fraction of sp³-hybridized carbons (Fsp3) is 0.294. The molecule has 0 aromatic carbocycles. The molecule has 0 N–H and O–H groups in total. The molecule has 0 radical (unpaired) electrons.